The van der Waals surface area contributed by atoms with Gasteiger partial charge in [-0.15, -0.1) is 0 Å². The first-order valence-corrected chi connectivity index (χ1v) is 8.53. The van der Waals surface area contributed by atoms with Gasteiger partial charge in [-0.25, -0.2) is 8.78 Å². The van der Waals surface area contributed by atoms with E-state index >= 15 is 0 Å². The number of carbonyl (C=O) groups is 2. The molecule has 1 amide bonds. The zero-order chi connectivity index (χ0) is 19.8. The average molecular weight is 377 g/mol. The predicted molar refractivity (Wildman–Crippen MR) is 95.4 cm³/mol. The summed E-state index contributed by atoms with van der Waals surface area (Å²) >= 11 is 0. The van der Waals surface area contributed by atoms with Crippen LogP contribution in [0.5, 0.6) is 5.75 Å². The molecule has 2 aromatic carbocycles. The van der Waals surface area contributed by atoms with Gasteiger partial charge in [0.2, 0.25) is 0 Å². The molecule has 0 bridgehead atoms. The molecule has 7 heteroatoms. The van der Waals surface area contributed by atoms with E-state index in [2.05, 4.69) is 5.32 Å². The van der Waals surface area contributed by atoms with E-state index in [9.17, 15) is 18.4 Å². The van der Waals surface area contributed by atoms with Crippen molar-refractivity contribution in [3.05, 3.63) is 65.7 Å². The molecule has 2 unspecified atom stereocenters. The van der Waals surface area contributed by atoms with Crippen molar-refractivity contribution in [1.82, 2.24) is 5.32 Å². The van der Waals surface area contributed by atoms with Crippen LogP contribution in [0.25, 0.3) is 0 Å². The number of carboxylic acid groups (broad SMARTS) is 1. The molecule has 0 spiro atoms. The van der Waals surface area contributed by atoms with Crippen LogP contribution in [-0.4, -0.2) is 29.1 Å². The van der Waals surface area contributed by atoms with Crippen molar-refractivity contribution in [1.29, 1.82) is 0 Å². The Balaban J connectivity index is 1.99. The van der Waals surface area contributed by atoms with E-state index in [0.717, 1.165) is 17.7 Å². The fourth-order valence-corrected chi connectivity index (χ4v) is 2.55. The molecule has 0 aromatic heterocycles. The lowest BCUT2D eigenvalue weighted by molar-refractivity contribution is -0.137. The lowest BCUT2D eigenvalue weighted by Gasteiger charge is -2.21. The molecule has 2 rings (SSSR count). The SMILES string of the molecule is CC(Oc1ccc(F)c(F)c1)C(=O)NC(CCC(=O)O)Cc1ccccc1. The summed E-state index contributed by atoms with van der Waals surface area (Å²) in [5.74, 6) is -3.46. The molecule has 0 aliphatic rings. The molecule has 0 aliphatic carbocycles. The molecule has 2 N–H and O–H groups in total. The lowest BCUT2D eigenvalue weighted by Crippen LogP contribution is -2.43. The van der Waals surface area contributed by atoms with Crippen molar-refractivity contribution in [3.63, 3.8) is 0 Å². The molecule has 2 aromatic rings. The Labute approximate surface area is 156 Å². The summed E-state index contributed by atoms with van der Waals surface area (Å²) in [5, 5.41) is 11.7. The third-order valence-corrected chi connectivity index (χ3v) is 3.95. The van der Waals surface area contributed by atoms with Crippen LogP contribution >= 0.6 is 0 Å². The number of rotatable bonds is 9. The van der Waals surface area contributed by atoms with Crippen LogP contribution in [0.2, 0.25) is 0 Å². The number of hydrogen-bond acceptors (Lipinski definition) is 3. The third kappa shape index (κ3) is 6.69. The molecule has 0 saturated carbocycles. The predicted octanol–water partition coefficient (Wildman–Crippen LogP) is 3.32. The maximum Gasteiger partial charge on any atom is 0.303 e. The zero-order valence-corrected chi connectivity index (χ0v) is 14.8. The van der Waals surface area contributed by atoms with Gasteiger partial charge < -0.3 is 15.2 Å². The van der Waals surface area contributed by atoms with Crippen molar-refractivity contribution < 1.29 is 28.2 Å². The largest absolute Gasteiger partial charge is 0.481 e. The smallest absolute Gasteiger partial charge is 0.303 e. The van der Waals surface area contributed by atoms with Gasteiger partial charge in [0.05, 0.1) is 0 Å². The van der Waals surface area contributed by atoms with E-state index < -0.39 is 35.7 Å². The zero-order valence-electron chi connectivity index (χ0n) is 14.8. The number of aliphatic carboxylic acids is 1. The summed E-state index contributed by atoms with van der Waals surface area (Å²) < 4.78 is 31.6. The highest BCUT2D eigenvalue weighted by molar-refractivity contribution is 5.81. The molecular weight excluding hydrogens is 356 g/mol. The highest BCUT2D eigenvalue weighted by atomic mass is 19.2. The minimum atomic E-state index is -1.07. The highest BCUT2D eigenvalue weighted by Gasteiger charge is 2.20. The molecule has 0 heterocycles. The van der Waals surface area contributed by atoms with Crippen molar-refractivity contribution in [2.75, 3.05) is 0 Å². The Morgan fingerprint density at radius 1 is 1.11 bits per heavy atom. The Morgan fingerprint density at radius 2 is 1.81 bits per heavy atom. The van der Waals surface area contributed by atoms with Gasteiger partial charge in [-0.2, -0.15) is 0 Å². The number of benzene rings is 2. The minimum absolute atomic E-state index is 0.0293. The Hall–Kier alpha value is -2.96. The van der Waals surface area contributed by atoms with Crippen molar-refractivity contribution in [2.45, 2.75) is 38.3 Å². The van der Waals surface area contributed by atoms with Gasteiger partial charge in [0.15, 0.2) is 17.7 Å². The van der Waals surface area contributed by atoms with Crippen LogP contribution in [0.15, 0.2) is 48.5 Å². The molecule has 2 atom stereocenters. The van der Waals surface area contributed by atoms with Crippen molar-refractivity contribution in [2.24, 2.45) is 0 Å². The highest BCUT2D eigenvalue weighted by Crippen LogP contribution is 2.17. The third-order valence-electron chi connectivity index (χ3n) is 3.95. The van der Waals surface area contributed by atoms with Gasteiger partial charge in [-0.3, -0.25) is 9.59 Å². The topological polar surface area (TPSA) is 75.6 Å². The number of amides is 1. The number of halogens is 2. The summed E-state index contributed by atoms with van der Waals surface area (Å²) in [7, 11) is 0. The summed E-state index contributed by atoms with van der Waals surface area (Å²) in [4.78, 5) is 23.3. The Morgan fingerprint density at radius 3 is 2.44 bits per heavy atom. The number of carbonyl (C=O) groups excluding carboxylic acids is 1. The molecule has 0 saturated heterocycles. The van der Waals surface area contributed by atoms with E-state index in [0.29, 0.717) is 6.42 Å². The van der Waals surface area contributed by atoms with Gasteiger partial charge in [0.25, 0.3) is 5.91 Å². The van der Waals surface area contributed by atoms with Crippen LogP contribution < -0.4 is 10.1 Å². The van der Waals surface area contributed by atoms with Crippen molar-refractivity contribution >= 4 is 11.9 Å². The quantitative estimate of drug-likeness (QED) is 0.703. The number of carboxylic acids is 1. The molecule has 0 radical (unpaired) electrons. The maximum atomic E-state index is 13.2. The fraction of sp³-hybridized carbons (Fsp3) is 0.300. The molecule has 0 aliphatic heterocycles. The van der Waals surface area contributed by atoms with Crippen LogP contribution in [-0.2, 0) is 16.0 Å². The van der Waals surface area contributed by atoms with Crippen LogP contribution in [0.4, 0.5) is 8.78 Å². The molecule has 5 nitrogen and oxygen atoms in total. The first-order chi connectivity index (χ1) is 12.8. The normalized spacial score (nSPS) is 12.9. The maximum absolute atomic E-state index is 13.2. The first-order valence-electron chi connectivity index (χ1n) is 8.53. The minimum Gasteiger partial charge on any atom is -0.481 e. The van der Waals surface area contributed by atoms with Gasteiger partial charge >= 0.3 is 5.97 Å². The Bertz CT molecular complexity index is 783. The summed E-state index contributed by atoms with van der Waals surface area (Å²) in [5.41, 5.74) is 0.961. The standard InChI is InChI=1S/C20H21F2NO4/c1-13(27-16-8-9-17(21)18(22)12-16)20(26)23-15(7-10-19(24)25)11-14-5-3-2-4-6-14/h2-6,8-9,12-13,15H,7,10-11H2,1H3,(H,23,26)(H,24,25). The van der Waals surface area contributed by atoms with E-state index in [1.165, 1.54) is 13.0 Å². The lowest BCUT2D eigenvalue weighted by atomic mass is 10.0. The van der Waals surface area contributed by atoms with Gasteiger partial charge in [0.1, 0.15) is 5.75 Å². The van der Waals surface area contributed by atoms with Gasteiger partial charge in [-0.1, -0.05) is 30.3 Å². The second-order valence-corrected chi connectivity index (χ2v) is 6.16. The van der Waals surface area contributed by atoms with Crippen molar-refractivity contribution in [3.8, 4) is 5.75 Å². The number of hydrogen-bond donors (Lipinski definition) is 2. The van der Waals surface area contributed by atoms with Crippen LogP contribution in [0.3, 0.4) is 0 Å². The Kier molecular flexibility index (Phi) is 7.28. The summed E-state index contributed by atoms with van der Waals surface area (Å²) in [6, 6.07) is 12.0. The second kappa shape index (κ2) is 9.66. The summed E-state index contributed by atoms with van der Waals surface area (Å²) in [6.45, 7) is 1.48. The van der Waals surface area contributed by atoms with E-state index in [-0.39, 0.29) is 18.6 Å². The fourth-order valence-electron chi connectivity index (χ4n) is 2.55. The van der Waals surface area contributed by atoms with Gasteiger partial charge in [-0.05, 0) is 37.5 Å². The molecule has 144 valence electrons. The molecule has 27 heavy (non-hydrogen) atoms. The average Bonchev–Trinajstić information content (AvgIpc) is 2.63. The van der Waals surface area contributed by atoms with E-state index in [1.807, 2.05) is 30.3 Å². The molecular formula is C20H21F2NO4. The van der Waals surface area contributed by atoms with Crippen LogP contribution in [0.1, 0.15) is 25.3 Å². The second-order valence-electron chi connectivity index (χ2n) is 6.16. The number of nitrogens with one attached hydrogen (secondary N) is 1. The summed E-state index contributed by atoms with van der Waals surface area (Å²) in [6.07, 6.45) is -0.320. The van der Waals surface area contributed by atoms with Gasteiger partial charge in [0, 0.05) is 18.5 Å². The molecule has 0 fully saturated rings. The monoisotopic (exact) mass is 377 g/mol. The van der Waals surface area contributed by atoms with Crippen LogP contribution in [0, 0.1) is 11.6 Å². The first kappa shape index (κ1) is 20.4. The number of ether oxygens (including phenoxy) is 1. The van der Waals surface area contributed by atoms with E-state index in [1.54, 1.807) is 0 Å². The van der Waals surface area contributed by atoms with E-state index in [4.69, 9.17) is 9.84 Å².